The van der Waals surface area contributed by atoms with Gasteiger partial charge < -0.3 is 64.0 Å². The zero-order chi connectivity index (χ0) is 50.7. The van der Waals surface area contributed by atoms with Gasteiger partial charge in [-0.05, 0) is 68.6 Å². The standard InChI is InChI=1S/C43H63N9O15S/c1-23(2)17-27-39(62)50-28(19-24-12-13-31(53)25(18-24)41(64)65)40(63)52-43(14-5-3-6-15-43)42(66)51-29(20-32(44)54)37(60)46-16-7-4-10-33(55)48-30(36(45)59)21-68(67)22-34(56)47-26(38(61)49-27)9-8-11-35(57)58/h12-13,18,23,26-30,53H,3-11,14-17,19-22H2,1-2H3,(H2,44,54)(H2,45,59)(H,46,60)(H,47,56)(H,48,55)(H,49,61)(H,50,62)(H,51,66)(H,52,63)(H,57,58)(H,64,65)/t26-,27-,28-,29-,30+,68-/m0/s1. The van der Waals surface area contributed by atoms with Crippen molar-refractivity contribution in [3.05, 3.63) is 29.3 Å². The van der Waals surface area contributed by atoms with Gasteiger partial charge in [0.15, 0.2) is 0 Å². The third kappa shape index (κ3) is 18.2. The second-order valence-electron chi connectivity index (χ2n) is 17.4. The number of phenols is 1. The van der Waals surface area contributed by atoms with E-state index in [-0.39, 0.29) is 69.4 Å². The average Bonchev–Trinajstić information content (AvgIpc) is 3.24. The summed E-state index contributed by atoms with van der Waals surface area (Å²) < 4.78 is 13.1. The van der Waals surface area contributed by atoms with Crippen molar-refractivity contribution in [2.75, 3.05) is 18.1 Å². The van der Waals surface area contributed by atoms with Crippen LogP contribution >= 0.6 is 0 Å². The van der Waals surface area contributed by atoms with Gasteiger partial charge in [-0.25, -0.2) is 4.79 Å². The number of carboxylic acid groups (broad SMARTS) is 2. The van der Waals surface area contributed by atoms with Gasteiger partial charge in [0.05, 0.1) is 12.2 Å². The van der Waals surface area contributed by atoms with Crippen LogP contribution in [-0.2, 0) is 65.2 Å². The van der Waals surface area contributed by atoms with Gasteiger partial charge in [0.2, 0.25) is 53.2 Å². The van der Waals surface area contributed by atoms with Crippen molar-refractivity contribution in [3.8, 4) is 5.75 Å². The van der Waals surface area contributed by atoms with E-state index in [0.717, 1.165) is 12.1 Å². The van der Waals surface area contributed by atoms with Crippen LogP contribution < -0.4 is 48.7 Å². The number of nitrogens with one attached hydrogen (secondary N) is 7. The Labute approximate surface area is 394 Å². The molecule has 2 fully saturated rings. The minimum atomic E-state index is -2.16. The highest BCUT2D eigenvalue weighted by molar-refractivity contribution is 7.85. The molecule has 1 saturated heterocycles. The number of rotatable bonds is 12. The van der Waals surface area contributed by atoms with E-state index in [1.807, 2.05) is 0 Å². The first-order valence-corrected chi connectivity index (χ1v) is 23.8. The van der Waals surface area contributed by atoms with Crippen molar-refractivity contribution >= 4 is 75.9 Å². The third-order valence-electron chi connectivity index (χ3n) is 11.2. The van der Waals surface area contributed by atoms with E-state index in [1.165, 1.54) is 6.07 Å². The lowest BCUT2D eigenvalue weighted by molar-refractivity contribution is -0.139. The highest BCUT2D eigenvalue weighted by atomic mass is 32.2. The van der Waals surface area contributed by atoms with Gasteiger partial charge in [-0.2, -0.15) is 0 Å². The number of carbonyl (C=O) groups is 11. The van der Waals surface area contributed by atoms with Gasteiger partial charge >= 0.3 is 11.9 Å². The Morgan fingerprint density at radius 1 is 0.779 bits per heavy atom. The monoisotopic (exact) mass is 977 g/mol. The topological polar surface area (TPSA) is 402 Å². The molecule has 1 heterocycles. The van der Waals surface area contributed by atoms with Crippen LogP contribution in [0, 0.1) is 5.92 Å². The van der Waals surface area contributed by atoms with E-state index >= 15 is 0 Å². The molecule has 1 aliphatic carbocycles. The molecule has 3 rings (SSSR count). The van der Waals surface area contributed by atoms with Crippen molar-refractivity contribution in [2.45, 2.75) is 139 Å². The number of carbonyl (C=O) groups excluding carboxylic acids is 9. The molecule has 0 bridgehead atoms. The summed E-state index contributed by atoms with van der Waals surface area (Å²) in [7, 11) is -2.16. The van der Waals surface area contributed by atoms with E-state index in [9.17, 15) is 72.3 Å². The first-order valence-electron chi connectivity index (χ1n) is 22.3. The molecule has 1 aromatic carbocycles. The number of hydrogen-bond acceptors (Lipinski definition) is 13. The largest absolute Gasteiger partial charge is 0.507 e. The molecule has 14 N–H and O–H groups in total. The molecule has 0 radical (unpaired) electrons. The molecule has 0 unspecified atom stereocenters. The number of hydrogen-bond donors (Lipinski definition) is 12. The van der Waals surface area contributed by atoms with Gasteiger partial charge in [-0.1, -0.05) is 39.2 Å². The zero-order valence-corrected chi connectivity index (χ0v) is 38.8. The predicted molar refractivity (Wildman–Crippen MR) is 241 cm³/mol. The molecule has 68 heavy (non-hydrogen) atoms. The molecule has 1 saturated carbocycles. The Balaban J connectivity index is 2.12. The van der Waals surface area contributed by atoms with Gasteiger partial charge in [0, 0.05) is 36.6 Å². The maximum atomic E-state index is 14.6. The lowest BCUT2D eigenvalue weighted by atomic mass is 9.80. The fourth-order valence-electron chi connectivity index (χ4n) is 7.73. The molecule has 376 valence electrons. The fourth-order valence-corrected chi connectivity index (χ4v) is 8.84. The van der Waals surface area contributed by atoms with E-state index in [4.69, 9.17) is 11.5 Å². The van der Waals surface area contributed by atoms with E-state index < -0.39 is 154 Å². The first-order chi connectivity index (χ1) is 32.0. The molecule has 25 heteroatoms. The maximum absolute atomic E-state index is 14.6. The lowest BCUT2D eigenvalue weighted by Gasteiger charge is -2.38. The van der Waals surface area contributed by atoms with Crippen LogP contribution in [0.15, 0.2) is 18.2 Å². The Morgan fingerprint density at radius 2 is 1.44 bits per heavy atom. The quantitative estimate of drug-likeness (QED) is 0.104. The number of carboxylic acids is 2. The van der Waals surface area contributed by atoms with E-state index in [2.05, 4.69) is 37.2 Å². The maximum Gasteiger partial charge on any atom is 0.339 e. The predicted octanol–water partition coefficient (Wildman–Crippen LogP) is -2.41. The fraction of sp³-hybridized carbons (Fsp3) is 0.605. The van der Waals surface area contributed by atoms with E-state index in [1.54, 1.807) is 13.8 Å². The Kier molecular flexibility index (Phi) is 21.8. The highest BCUT2D eigenvalue weighted by Gasteiger charge is 2.44. The van der Waals surface area contributed by atoms with Crippen molar-refractivity contribution in [3.63, 3.8) is 0 Å². The summed E-state index contributed by atoms with van der Waals surface area (Å²) in [5.41, 5.74) is 8.80. The molecule has 1 spiro atoms. The van der Waals surface area contributed by atoms with Crippen molar-refractivity contribution in [1.82, 2.24) is 37.2 Å². The summed E-state index contributed by atoms with van der Waals surface area (Å²) in [6.45, 7) is 3.38. The number of amides is 9. The smallest absolute Gasteiger partial charge is 0.339 e. The average molecular weight is 978 g/mol. The summed E-state index contributed by atoms with van der Waals surface area (Å²) in [4.78, 5) is 144. The molecule has 1 aromatic rings. The summed E-state index contributed by atoms with van der Waals surface area (Å²) in [5.74, 6) is -13.2. The molecular formula is C43H63N9O15S. The summed E-state index contributed by atoms with van der Waals surface area (Å²) in [6.07, 6.45) is -0.204. The normalized spacial score (nSPS) is 24.4. The number of aromatic carboxylic acids is 1. The second-order valence-corrected chi connectivity index (χ2v) is 18.9. The molecule has 2 aliphatic rings. The van der Waals surface area contributed by atoms with Crippen LogP contribution in [0.25, 0.3) is 0 Å². The Bertz CT molecular complexity index is 2100. The summed E-state index contributed by atoms with van der Waals surface area (Å²) in [6, 6.07) is -4.08. The number of benzene rings is 1. The van der Waals surface area contributed by atoms with Crippen molar-refractivity contribution < 1.29 is 72.3 Å². The van der Waals surface area contributed by atoms with E-state index in [0.29, 0.717) is 19.3 Å². The summed E-state index contributed by atoms with van der Waals surface area (Å²) >= 11 is 0. The molecule has 1 aliphatic heterocycles. The van der Waals surface area contributed by atoms with Gasteiger partial charge in [-0.3, -0.25) is 52.2 Å². The molecular weight excluding hydrogens is 915 g/mol. The van der Waals surface area contributed by atoms with Crippen LogP contribution in [0.4, 0.5) is 0 Å². The number of aromatic hydroxyl groups is 1. The van der Waals surface area contributed by atoms with Crippen molar-refractivity contribution in [2.24, 2.45) is 17.4 Å². The highest BCUT2D eigenvalue weighted by Crippen LogP contribution is 2.29. The number of primary amides is 2. The number of aliphatic carboxylic acids is 1. The van der Waals surface area contributed by atoms with Crippen LogP contribution in [0.3, 0.4) is 0 Å². The summed E-state index contributed by atoms with van der Waals surface area (Å²) in [5, 5.41) is 47.0. The van der Waals surface area contributed by atoms with Crippen LogP contribution in [0.1, 0.15) is 113 Å². The van der Waals surface area contributed by atoms with Crippen LogP contribution in [0.5, 0.6) is 5.75 Å². The Morgan fingerprint density at radius 3 is 2.06 bits per heavy atom. The van der Waals surface area contributed by atoms with Gasteiger partial charge in [0.1, 0.15) is 52.8 Å². The first kappa shape index (κ1) is 55.7. The third-order valence-corrected chi connectivity index (χ3v) is 12.5. The van der Waals surface area contributed by atoms with Crippen molar-refractivity contribution in [1.29, 1.82) is 0 Å². The zero-order valence-electron chi connectivity index (χ0n) is 38.0. The molecule has 0 aromatic heterocycles. The molecule has 24 nitrogen and oxygen atoms in total. The second kappa shape index (κ2) is 26.6. The minimum Gasteiger partial charge on any atom is -0.507 e. The number of nitrogens with two attached hydrogens (primary N) is 2. The van der Waals surface area contributed by atoms with Gasteiger partial charge in [0.25, 0.3) is 0 Å². The molecule has 6 atom stereocenters. The lowest BCUT2D eigenvalue weighted by Crippen LogP contribution is -2.66. The minimum absolute atomic E-state index is 0.0474. The Hall–Kier alpha value is -6.66. The molecule has 9 amide bonds. The van der Waals surface area contributed by atoms with Crippen LogP contribution in [0.2, 0.25) is 0 Å². The SMILES string of the molecule is CC(C)C[C@@H]1NC(=O)[C@H](CCCC(=O)O)NC(=O)C[S@@](=O)C[C@H](C(N)=O)NC(=O)CCCCNC(=O)[C@H](CC(N)=O)NC(=O)C2(CCCCC2)NC(=O)[C@H](Cc2ccc(O)c(C(=O)O)c2)NC1=O. The van der Waals surface area contributed by atoms with Crippen LogP contribution in [-0.4, -0.2) is 138 Å². The van der Waals surface area contributed by atoms with Gasteiger partial charge in [-0.15, -0.1) is 0 Å².